The van der Waals surface area contributed by atoms with E-state index in [1.54, 1.807) is 0 Å². The average Bonchev–Trinajstić information content (AvgIpc) is 2.33. The monoisotopic (exact) mass is 324 g/mol. The van der Waals surface area contributed by atoms with Crippen LogP contribution in [0.2, 0.25) is 0 Å². The van der Waals surface area contributed by atoms with Gasteiger partial charge in [0.2, 0.25) is 0 Å². The lowest BCUT2D eigenvalue weighted by molar-refractivity contribution is -0.0436. The van der Waals surface area contributed by atoms with Crippen LogP contribution in [-0.2, 0) is 9.84 Å². The summed E-state index contributed by atoms with van der Waals surface area (Å²) >= 11 is 0. The minimum atomic E-state index is -5.29. The van der Waals surface area contributed by atoms with Gasteiger partial charge in [0, 0.05) is 0 Å². The third-order valence-corrected chi connectivity index (χ3v) is 4.28. The topological polar surface area (TPSA) is 43.4 Å². The summed E-state index contributed by atoms with van der Waals surface area (Å²) in [6.45, 7) is 6.74. The van der Waals surface area contributed by atoms with Gasteiger partial charge in [-0.3, -0.25) is 0 Å². The Hall–Kier alpha value is -1.24. The van der Waals surface area contributed by atoms with Crippen molar-refractivity contribution in [3.8, 4) is 5.75 Å². The highest BCUT2D eigenvalue weighted by molar-refractivity contribution is 7.92. The smallest absolute Gasteiger partial charge is 0.494 e. The summed E-state index contributed by atoms with van der Waals surface area (Å²) in [4.78, 5) is -0.781. The Morgan fingerprint density at radius 2 is 1.57 bits per heavy atom. The van der Waals surface area contributed by atoms with Crippen LogP contribution < -0.4 is 4.74 Å². The Balaban J connectivity index is 2.64. The second-order valence-electron chi connectivity index (χ2n) is 5.93. The van der Waals surface area contributed by atoms with Gasteiger partial charge in [-0.15, -0.1) is 0 Å². The zero-order chi connectivity index (χ0) is 16.3. The largest absolute Gasteiger partial charge is 0.501 e. The van der Waals surface area contributed by atoms with Crippen LogP contribution in [-0.4, -0.2) is 20.5 Å². The van der Waals surface area contributed by atoms with Crippen LogP contribution in [0.1, 0.15) is 33.6 Å². The Morgan fingerprint density at radius 1 is 1.05 bits per heavy atom. The third kappa shape index (κ3) is 5.22. The predicted molar refractivity (Wildman–Crippen MR) is 73.9 cm³/mol. The van der Waals surface area contributed by atoms with Crippen LogP contribution in [0.25, 0.3) is 0 Å². The van der Waals surface area contributed by atoms with E-state index in [0.717, 1.165) is 25.0 Å². The molecule has 0 N–H and O–H groups in total. The molecule has 1 aromatic carbocycles. The summed E-state index contributed by atoms with van der Waals surface area (Å²) in [5.74, 6) is 0.352. The van der Waals surface area contributed by atoms with E-state index >= 15 is 0 Å². The van der Waals surface area contributed by atoms with Gasteiger partial charge in [0.25, 0.3) is 9.84 Å². The quantitative estimate of drug-likeness (QED) is 0.763. The van der Waals surface area contributed by atoms with Crippen LogP contribution in [0.5, 0.6) is 5.75 Å². The van der Waals surface area contributed by atoms with Crippen molar-refractivity contribution in [3.63, 3.8) is 0 Å². The van der Waals surface area contributed by atoms with E-state index in [1.807, 2.05) is 0 Å². The fourth-order valence-corrected chi connectivity index (χ4v) is 2.40. The lowest BCUT2D eigenvalue weighted by Crippen LogP contribution is -2.23. The number of halogens is 3. The number of hydrogen-bond acceptors (Lipinski definition) is 3. The van der Waals surface area contributed by atoms with Gasteiger partial charge in [0.1, 0.15) is 5.75 Å². The number of sulfone groups is 1. The summed E-state index contributed by atoms with van der Waals surface area (Å²) in [5.41, 5.74) is -5.10. The zero-order valence-corrected chi connectivity index (χ0v) is 13.0. The van der Waals surface area contributed by atoms with Gasteiger partial charge in [-0.1, -0.05) is 20.8 Å². The number of benzene rings is 1. The zero-order valence-electron chi connectivity index (χ0n) is 12.2. The van der Waals surface area contributed by atoms with Gasteiger partial charge in [-0.05, 0) is 42.5 Å². The molecule has 0 spiro atoms. The van der Waals surface area contributed by atoms with Crippen LogP contribution in [0, 0.1) is 5.41 Å². The van der Waals surface area contributed by atoms with E-state index in [0.29, 0.717) is 12.4 Å². The maximum absolute atomic E-state index is 12.4. The molecule has 0 aliphatic rings. The Labute approximate surface area is 123 Å². The van der Waals surface area contributed by atoms with Crippen molar-refractivity contribution >= 4 is 9.84 Å². The molecule has 0 fully saturated rings. The molecule has 0 heterocycles. The van der Waals surface area contributed by atoms with Gasteiger partial charge in [0.05, 0.1) is 11.5 Å². The molecular formula is C14H19F3O3S. The number of ether oxygens (including phenoxy) is 1. The maximum Gasteiger partial charge on any atom is 0.501 e. The lowest BCUT2D eigenvalue weighted by atomic mass is 9.91. The summed E-state index contributed by atoms with van der Waals surface area (Å²) in [6.07, 6.45) is 1.76. The lowest BCUT2D eigenvalue weighted by Gasteiger charge is -2.17. The molecular weight excluding hydrogens is 305 g/mol. The molecule has 21 heavy (non-hydrogen) atoms. The second kappa shape index (κ2) is 6.25. The van der Waals surface area contributed by atoms with Crippen molar-refractivity contribution in [1.82, 2.24) is 0 Å². The molecule has 0 radical (unpaired) electrons. The van der Waals surface area contributed by atoms with Gasteiger partial charge >= 0.3 is 5.51 Å². The molecule has 0 saturated heterocycles. The molecule has 0 atom stereocenters. The van der Waals surface area contributed by atoms with E-state index in [2.05, 4.69) is 20.8 Å². The van der Waals surface area contributed by atoms with Crippen molar-refractivity contribution in [2.24, 2.45) is 5.41 Å². The summed E-state index contributed by atoms with van der Waals surface area (Å²) in [7, 11) is -5.29. The van der Waals surface area contributed by atoms with Crippen molar-refractivity contribution in [3.05, 3.63) is 24.3 Å². The molecule has 0 aliphatic carbocycles. The van der Waals surface area contributed by atoms with Crippen LogP contribution in [0.4, 0.5) is 13.2 Å². The molecule has 0 amide bonds. The van der Waals surface area contributed by atoms with Gasteiger partial charge in [0.15, 0.2) is 0 Å². The average molecular weight is 324 g/mol. The Kier molecular flexibility index (Phi) is 5.30. The number of rotatable bonds is 5. The first-order valence-corrected chi connectivity index (χ1v) is 7.96. The fourth-order valence-electron chi connectivity index (χ4n) is 1.64. The molecule has 1 aromatic rings. The molecule has 0 bridgehead atoms. The van der Waals surface area contributed by atoms with Crippen molar-refractivity contribution in [1.29, 1.82) is 0 Å². The molecule has 120 valence electrons. The Morgan fingerprint density at radius 3 is 2.00 bits per heavy atom. The number of hydrogen-bond donors (Lipinski definition) is 0. The second-order valence-corrected chi connectivity index (χ2v) is 7.87. The van der Waals surface area contributed by atoms with E-state index in [1.165, 1.54) is 12.1 Å². The molecule has 0 aliphatic heterocycles. The van der Waals surface area contributed by atoms with E-state index < -0.39 is 20.2 Å². The molecule has 0 aromatic heterocycles. The molecule has 7 heteroatoms. The van der Waals surface area contributed by atoms with Crippen molar-refractivity contribution < 1.29 is 26.3 Å². The molecule has 0 unspecified atom stereocenters. The molecule has 0 saturated carbocycles. The minimum absolute atomic E-state index is 0.188. The predicted octanol–water partition coefficient (Wildman–Crippen LogP) is 4.19. The summed E-state index contributed by atoms with van der Waals surface area (Å²) in [5, 5.41) is 0. The highest BCUT2D eigenvalue weighted by atomic mass is 32.2. The van der Waals surface area contributed by atoms with Gasteiger partial charge in [-0.2, -0.15) is 13.2 Å². The third-order valence-electron chi connectivity index (χ3n) is 2.78. The van der Waals surface area contributed by atoms with Gasteiger partial charge < -0.3 is 4.74 Å². The molecule has 3 nitrogen and oxygen atoms in total. The first kappa shape index (κ1) is 17.8. The normalized spacial score (nSPS) is 13.2. The van der Waals surface area contributed by atoms with Gasteiger partial charge in [-0.25, -0.2) is 8.42 Å². The minimum Gasteiger partial charge on any atom is -0.494 e. The Bertz CT molecular complexity index is 555. The SMILES string of the molecule is CC(C)(C)CCCOc1ccc(S(=O)(=O)C(F)(F)F)cc1. The van der Waals surface area contributed by atoms with E-state index in [9.17, 15) is 21.6 Å². The van der Waals surface area contributed by atoms with Crippen molar-refractivity contribution in [2.75, 3.05) is 6.61 Å². The fraction of sp³-hybridized carbons (Fsp3) is 0.571. The molecule has 1 rings (SSSR count). The maximum atomic E-state index is 12.4. The van der Waals surface area contributed by atoms with Crippen LogP contribution >= 0.6 is 0 Å². The van der Waals surface area contributed by atoms with Crippen LogP contribution in [0.3, 0.4) is 0 Å². The van der Waals surface area contributed by atoms with E-state index in [-0.39, 0.29) is 5.41 Å². The highest BCUT2D eigenvalue weighted by Gasteiger charge is 2.46. The summed E-state index contributed by atoms with van der Waals surface area (Å²) < 4.78 is 64.8. The first-order chi connectivity index (χ1) is 9.43. The first-order valence-electron chi connectivity index (χ1n) is 6.48. The summed E-state index contributed by atoms with van der Waals surface area (Å²) in [6, 6.07) is 4.27. The van der Waals surface area contributed by atoms with Crippen molar-refractivity contribution in [2.45, 2.75) is 44.0 Å². The standard InChI is InChI=1S/C14H19F3O3S/c1-13(2,3)9-4-10-20-11-5-7-12(8-6-11)21(18,19)14(15,16)17/h5-8H,4,9-10H2,1-3H3. The van der Waals surface area contributed by atoms with E-state index in [4.69, 9.17) is 4.74 Å². The highest BCUT2D eigenvalue weighted by Crippen LogP contribution is 2.31. The number of alkyl halides is 3. The van der Waals surface area contributed by atoms with Crippen LogP contribution in [0.15, 0.2) is 29.2 Å².